The summed E-state index contributed by atoms with van der Waals surface area (Å²) < 4.78 is 2.42. The summed E-state index contributed by atoms with van der Waals surface area (Å²) in [6, 6.07) is 5.16. The van der Waals surface area contributed by atoms with Gasteiger partial charge in [0.1, 0.15) is 0 Å². The lowest BCUT2D eigenvalue weighted by Gasteiger charge is -2.32. The van der Waals surface area contributed by atoms with Gasteiger partial charge in [-0.25, -0.2) is 4.98 Å². The van der Waals surface area contributed by atoms with Crippen molar-refractivity contribution in [1.82, 2.24) is 9.55 Å². The van der Waals surface area contributed by atoms with Crippen LogP contribution in [0.15, 0.2) is 18.5 Å². The fourth-order valence-corrected chi connectivity index (χ4v) is 3.71. The number of aryl methyl sites for hydroxylation is 2. The summed E-state index contributed by atoms with van der Waals surface area (Å²) in [6.07, 6.45) is 6.02. The van der Waals surface area contributed by atoms with Crippen molar-refractivity contribution in [2.24, 2.45) is 11.8 Å². The molecule has 2 atom stereocenters. The maximum atomic E-state index is 4.61. The highest BCUT2D eigenvalue weighted by atomic mass is 15.1. The van der Waals surface area contributed by atoms with Crippen LogP contribution in [0.4, 0.5) is 0 Å². The maximum Gasteiger partial charge on any atom is 0.0960 e. The van der Waals surface area contributed by atoms with Crippen LogP contribution < -0.4 is 0 Å². The molecule has 2 unspecified atom stereocenters. The normalized spacial score (nSPS) is 27.9. The van der Waals surface area contributed by atoms with Crippen molar-refractivity contribution in [2.75, 3.05) is 0 Å². The van der Waals surface area contributed by atoms with Gasteiger partial charge in [0.2, 0.25) is 0 Å². The number of hydrogen-bond acceptors (Lipinski definition) is 1. The third-order valence-corrected chi connectivity index (χ3v) is 4.74. The molecule has 0 spiro atoms. The Morgan fingerprint density at radius 1 is 1.00 bits per heavy atom. The molecule has 1 heterocycles. The molecule has 2 aromatic rings. The Bertz CT molecular complexity index is 587. The van der Waals surface area contributed by atoms with Gasteiger partial charge in [-0.3, -0.25) is 0 Å². The van der Waals surface area contributed by atoms with Gasteiger partial charge in [0, 0.05) is 6.04 Å². The molecule has 1 aliphatic rings. The summed E-state index contributed by atoms with van der Waals surface area (Å²) >= 11 is 0. The number of benzene rings is 1. The lowest BCUT2D eigenvalue weighted by Crippen LogP contribution is -2.22. The summed E-state index contributed by atoms with van der Waals surface area (Å²) in [5.74, 6) is 1.66. The van der Waals surface area contributed by atoms with Gasteiger partial charge in [0.05, 0.1) is 17.4 Å². The molecule has 1 saturated carbocycles. The Morgan fingerprint density at radius 3 is 2.32 bits per heavy atom. The quantitative estimate of drug-likeness (QED) is 0.726. The second-order valence-electron chi connectivity index (χ2n) is 6.65. The fourth-order valence-electron chi connectivity index (χ4n) is 3.71. The highest BCUT2D eigenvalue weighted by molar-refractivity contribution is 5.77. The summed E-state index contributed by atoms with van der Waals surface area (Å²) in [6.45, 7) is 9.13. The van der Waals surface area contributed by atoms with E-state index in [1.165, 1.54) is 35.9 Å². The Hall–Kier alpha value is -1.31. The first-order valence-electron chi connectivity index (χ1n) is 7.48. The molecule has 1 aliphatic carbocycles. The molecule has 2 nitrogen and oxygen atoms in total. The molecule has 1 aromatic heterocycles. The first-order chi connectivity index (χ1) is 9.04. The van der Waals surface area contributed by atoms with Crippen LogP contribution >= 0.6 is 0 Å². The van der Waals surface area contributed by atoms with E-state index in [2.05, 4.69) is 55.7 Å². The Kier molecular flexibility index (Phi) is 3.12. The summed E-state index contributed by atoms with van der Waals surface area (Å²) in [4.78, 5) is 4.61. The van der Waals surface area contributed by atoms with E-state index in [1.807, 2.05) is 0 Å². The second-order valence-corrected chi connectivity index (χ2v) is 6.65. The minimum Gasteiger partial charge on any atom is -0.327 e. The van der Waals surface area contributed by atoms with Crippen molar-refractivity contribution in [1.29, 1.82) is 0 Å². The molecule has 0 aliphatic heterocycles. The highest BCUT2D eigenvalue weighted by Gasteiger charge is 2.26. The van der Waals surface area contributed by atoms with Crippen LogP contribution in [0, 0.1) is 25.7 Å². The topological polar surface area (TPSA) is 17.8 Å². The van der Waals surface area contributed by atoms with Gasteiger partial charge in [0.25, 0.3) is 0 Å². The Balaban J connectivity index is 2.03. The molecule has 2 heteroatoms. The third kappa shape index (κ3) is 2.29. The first-order valence-corrected chi connectivity index (χ1v) is 7.48. The molecule has 1 aromatic carbocycles. The van der Waals surface area contributed by atoms with E-state index in [1.54, 1.807) is 0 Å². The van der Waals surface area contributed by atoms with Crippen molar-refractivity contribution in [2.45, 2.75) is 53.0 Å². The predicted octanol–water partition coefficient (Wildman–Crippen LogP) is 4.65. The smallest absolute Gasteiger partial charge is 0.0960 e. The standard InChI is InChI=1S/C17H24N2/c1-11-5-12(2)7-15(6-11)19-10-18-16-8-13(3)14(4)9-17(16)19/h8-12,15H,5-7H2,1-4H3. The van der Waals surface area contributed by atoms with Crippen molar-refractivity contribution >= 4 is 11.0 Å². The molecule has 0 bridgehead atoms. The van der Waals surface area contributed by atoms with Gasteiger partial charge in [-0.2, -0.15) is 0 Å². The summed E-state index contributed by atoms with van der Waals surface area (Å²) in [5, 5.41) is 0. The first kappa shape index (κ1) is 12.7. The molecule has 0 radical (unpaired) electrons. The third-order valence-electron chi connectivity index (χ3n) is 4.74. The predicted molar refractivity (Wildman–Crippen MR) is 80.4 cm³/mol. The molecule has 3 rings (SSSR count). The van der Waals surface area contributed by atoms with Crippen LogP contribution in [0.25, 0.3) is 11.0 Å². The molecule has 0 saturated heterocycles. The van der Waals surface area contributed by atoms with Crippen LogP contribution in [-0.2, 0) is 0 Å². The maximum absolute atomic E-state index is 4.61. The molecule has 19 heavy (non-hydrogen) atoms. The average molecular weight is 256 g/mol. The SMILES string of the molecule is Cc1cc2ncn(C3CC(C)CC(C)C3)c2cc1C. The van der Waals surface area contributed by atoms with Gasteiger partial charge in [-0.05, 0) is 68.2 Å². The van der Waals surface area contributed by atoms with E-state index >= 15 is 0 Å². The number of aromatic nitrogens is 2. The van der Waals surface area contributed by atoms with Gasteiger partial charge < -0.3 is 4.57 Å². The number of imidazole rings is 1. The van der Waals surface area contributed by atoms with Crippen LogP contribution in [0.5, 0.6) is 0 Å². The van der Waals surface area contributed by atoms with Crippen molar-refractivity contribution in [3.63, 3.8) is 0 Å². The monoisotopic (exact) mass is 256 g/mol. The number of fused-ring (bicyclic) bond motifs is 1. The number of nitrogens with zero attached hydrogens (tertiary/aromatic N) is 2. The van der Waals surface area contributed by atoms with E-state index in [0.717, 1.165) is 17.4 Å². The lowest BCUT2D eigenvalue weighted by molar-refractivity contribution is 0.224. The van der Waals surface area contributed by atoms with E-state index in [-0.39, 0.29) is 0 Å². The largest absolute Gasteiger partial charge is 0.327 e. The van der Waals surface area contributed by atoms with Crippen molar-refractivity contribution in [3.05, 3.63) is 29.6 Å². The van der Waals surface area contributed by atoms with Crippen LogP contribution in [0.2, 0.25) is 0 Å². The zero-order valence-corrected chi connectivity index (χ0v) is 12.5. The molecule has 1 fully saturated rings. The zero-order chi connectivity index (χ0) is 13.6. The van der Waals surface area contributed by atoms with E-state index in [0.29, 0.717) is 6.04 Å². The zero-order valence-electron chi connectivity index (χ0n) is 12.5. The second kappa shape index (κ2) is 4.66. The van der Waals surface area contributed by atoms with E-state index in [4.69, 9.17) is 0 Å². The van der Waals surface area contributed by atoms with E-state index in [9.17, 15) is 0 Å². The average Bonchev–Trinajstić information content (AvgIpc) is 2.71. The Labute approximate surface area is 115 Å². The molecular weight excluding hydrogens is 232 g/mol. The van der Waals surface area contributed by atoms with Crippen LogP contribution in [0.3, 0.4) is 0 Å². The fraction of sp³-hybridized carbons (Fsp3) is 0.588. The van der Waals surface area contributed by atoms with Gasteiger partial charge >= 0.3 is 0 Å². The van der Waals surface area contributed by atoms with Crippen molar-refractivity contribution in [3.8, 4) is 0 Å². The Morgan fingerprint density at radius 2 is 1.63 bits per heavy atom. The minimum absolute atomic E-state index is 0.630. The minimum atomic E-state index is 0.630. The van der Waals surface area contributed by atoms with Crippen LogP contribution in [0.1, 0.15) is 50.3 Å². The summed E-state index contributed by atoms with van der Waals surface area (Å²) in [5.41, 5.74) is 5.16. The van der Waals surface area contributed by atoms with Gasteiger partial charge in [-0.15, -0.1) is 0 Å². The highest BCUT2D eigenvalue weighted by Crippen LogP contribution is 2.37. The molecular formula is C17H24N2. The van der Waals surface area contributed by atoms with Crippen molar-refractivity contribution < 1.29 is 0 Å². The number of rotatable bonds is 1. The number of hydrogen-bond donors (Lipinski definition) is 0. The van der Waals surface area contributed by atoms with Gasteiger partial charge in [0.15, 0.2) is 0 Å². The lowest BCUT2D eigenvalue weighted by atomic mass is 9.80. The van der Waals surface area contributed by atoms with Crippen LogP contribution in [-0.4, -0.2) is 9.55 Å². The molecule has 0 amide bonds. The summed E-state index contributed by atoms with van der Waals surface area (Å²) in [7, 11) is 0. The van der Waals surface area contributed by atoms with Gasteiger partial charge in [-0.1, -0.05) is 13.8 Å². The molecule has 102 valence electrons. The van der Waals surface area contributed by atoms with E-state index < -0.39 is 0 Å². The molecule has 0 N–H and O–H groups in total.